The molecule has 142 valence electrons. The summed E-state index contributed by atoms with van der Waals surface area (Å²) in [6, 6.07) is 15.3. The predicted molar refractivity (Wildman–Crippen MR) is 104 cm³/mol. The second-order valence-corrected chi connectivity index (χ2v) is 7.83. The van der Waals surface area contributed by atoms with Gasteiger partial charge in [0.2, 0.25) is 0 Å². The zero-order valence-electron chi connectivity index (χ0n) is 15.4. The Balaban J connectivity index is 1.90. The molecule has 0 spiro atoms. The Morgan fingerprint density at radius 3 is 2.63 bits per heavy atom. The number of benzene rings is 2. The molecule has 2 aromatic carbocycles. The van der Waals surface area contributed by atoms with E-state index in [1.165, 1.54) is 0 Å². The molecule has 2 atom stereocenters. The molecule has 1 aliphatic rings. The van der Waals surface area contributed by atoms with Crippen LogP contribution in [-0.2, 0) is 9.53 Å². The topological polar surface area (TPSA) is 66.8 Å². The van der Waals surface area contributed by atoms with Crippen molar-refractivity contribution in [2.45, 2.75) is 41.7 Å². The first-order chi connectivity index (χ1) is 13.0. The number of carbonyl (C=O) groups excluding carboxylic acids is 1. The summed E-state index contributed by atoms with van der Waals surface area (Å²) in [5.41, 5.74) is 1.67. The highest BCUT2D eigenvalue weighted by molar-refractivity contribution is 7.99. The van der Waals surface area contributed by atoms with Gasteiger partial charge in [0.25, 0.3) is 5.91 Å². The molecule has 1 amide bonds. The van der Waals surface area contributed by atoms with E-state index in [0.29, 0.717) is 18.5 Å². The van der Waals surface area contributed by atoms with Crippen LogP contribution in [0, 0.1) is 6.92 Å². The van der Waals surface area contributed by atoms with Crippen LogP contribution < -0.4 is 0 Å². The molecule has 5 nitrogen and oxygen atoms in total. The second kappa shape index (κ2) is 8.59. The highest BCUT2D eigenvalue weighted by Crippen LogP contribution is 2.33. The van der Waals surface area contributed by atoms with E-state index in [9.17, 15) is 14.7 Å². The third kappa shape index (κ3) is 4.70. The quantitative estimate of drug-likeness (QED) is 0.818. The fourth-order valence-electron chi connectivity index (χ4n) is 3.35. The number of aliphatic carboxylic acids is 1. The summed E-state index contributed by atoms with van der Waals surface area (Å²) in [5, 5.41) is 9.21. The SMILES string of the molecule is COC1CC(CC(=O)O)N(C(=O)c2ccc(C)cc2Sc2ccccc2)C1. The van der Waals surface area contributed by atoms with Gasteiger partial charge in [-0.3, -0.25) is 9.59 Å². The van der Waals surface area contributed by atoms with E-state index in [2.05, 4.69) is 0 Å². The van der Waals surface area contributed by atoms with Crippen molar-refractivity contribution in [2.24, 2.45) is 0 Å². The number of likely N-dealkylation sites (tertiary alicyclic amines) is 1. The maximum Gasteiger partial charge on any atom is 0.305 e. The molecule has 2 aromatic rings. The Morgan fingerprint density at radius 2 is 1.96 bits per heavy atom. The lowest BCUT2D eigenvalue weighted by molar-refractivity contribution is -0.138. The van der Waals surface area contributed by atoms with Crippen LogP contribution in [0.2, 0.25) is 0 Å². The van der Waals surface area contributed by atoms with Crippen molar-refractivity contribution in [3.8, 4) is 0 Å². The first kappa shape index (κ1) is 19.5. The maximum absolute atomic E-state index is 13.3. The molecule has 0 saturated carbocycles. The highest BCUT2D eigenvalue weighted by Gasteiger charge is 2.37. The standard InChI is InChI=1S/C21H23NO4S/c1-14-8-9-18(19(10-14)27-17-6-4-3-5-7-17)21(25)22-13-16(26-2)11-15(22)12-20(23)24/h3-10,15-16H,11-13H2,1-2H3,(H,23,24). The summed E-state index contributed by atoms with van der Waals surface area (Å²) in [4.78, 5) is 28.1. The van der Waals surface area contributed by atoms with E-state index in [4.69, 9.17) is 4.74 Å². The van der Waals surface area contributed by atoms with E-state index in [-0.39, 0.29) is 24.5 Å². The lowest BCUT2D eigenvalue weighted by atomic mass is 10.1. The van der Waals surface area contributed by atoms with Crippen LogP contribution in [0.3, 0.4) is 0 Å². The molecule has 0 aliphatic carbocycles. The third-order valence-corrected chi connectivity index (χ3v) is 5.78. The first-order valence-corrected chi connectivity index (χ1v) is 9.68. The number of hydrogen-bond donors (Lipinski definition) is 1. The van der Waals surface area contributed by atoms with Crippen LogP contribution >= 0.6 is 11.8 Å². The van der Waals surface area contributed by atoms with Gasteiger partial charge in [0, 0.05) is 29.5 Å². The maximum atomic E-state index is 13.3. The number of nitrogens with zero attached hydrogens (tertiary/aromatic N) is 1. The molecule has 27 heavy (non-hydrogen) atoms. The Bertz CT molecular complexity index is 824. The number of carboxylic acid groups (broad SMARTS) is 1. The van der Waals surface area contributed by atoms with Crippen molar-refractivity contribution in [3.63, 3.8) is 0 Å². The predicted octanol–water partition coefficient (Wildman–Crippen LogP) is 3.85. The Kier molecular flexibility index (Phi) is 6.19. The van der Waals surface area contributed by atoms with Crippen molar-refractivity contribution in [2.75, 3.05) is 13.7 Å². The molecule has 0 aromatic heterocycles. The molecule has 0 bridgehead atoms. The van der Waals surface area contributed by atoms with Crippen molar-refractivity contribution in [1.29, 1.82) is 0 Å². The molecular weight excluding hydrogens is 362 g/mol. The van der Waals surface area contributed by atoms with Crippen LogP contribution in [0.25, 0.3) is 0 Å². The van der Waals surface area contributed by atoms with E-state index >= 15 is 0 Å². The molecular formula is C21H23NO4S. The Labute approximate surface area is 163 Å². The molecule has 1 saturated heterocycles. The first-order valence-electron chi connectivity index (χ1n) is 8.87. The number of rotatable bonds is 6. The summed E-state index contributed by atoms with van der Waals surface area (Å²) >= 11 is 1.54. The summed E-state index contributed by atoms with van der Waals surface area (Å²) < 4.78 is 5.39. The smallest absolute Gasteiger partial charge is 0.305 e. The van der Waals surface area contributed by atoms with Crippen LogP contribution in [0.1, 0.15) is 28.8 Å². The molecule has 1 heterocycles. The van der Waals surface area contributed by atoms with Crippen molar-refractivity contribution in [3.05, 3.63) is 59.7 Å². The largest absolute Gasteiger partial charge is 0.481 e. The van der Waals surface area contributed by atoms with E-state index in [1.807, 2.05) is 55.5 Å². The van der Waals surface area contributed by atoms with Gasteiger partial charge >= 0.3 is 5.97 Å². The van der Waals surface area contributed by atoms with Crippen LogP contribution in [-0.4, -0.2) is 47.7 Å². The summed E-state index contributed by atoms with van der Waals surface area (Å²) in [6.07, 6.45) is 0.342. The normalized spacial score (nSPS) is 19.3. The Hall–Kier alpha value is -2.31. The number of methoxy groups -OCH3 is 1. The van der Waals surface area contributed by atoms with Gasteiger partial charge in [-0.2, -0.15) is 0 Å². The van der Waals surface area contributed by atoms with Gasteiger partial charge in [-0.15, -0.1) is 0 Å². The van der Waals surface area contributed by atoms with Crippen LogP contribution in [0.15, 0.2) is 58.3 Å². The number of amides is 1. The van der Waals surface area contributed by atoms with Gasteiger partial charge in [0.1, 0.15) is 0 Å². The van der Waals surface area contributed by atoms with E-state index < -0.39 is 5.97 Å². The van der Waals surface area contributed by atoms with Gasteiger partial charge < -0.3 is 14.7 Å². The minimum absolute atomic E-state index is 0.0708. The summed E-state index contributed by atoms with van der Waals surface area (Å²) in [7, 11) is 1.60. The average Bonchev–Trinajstić information content (AvgIpc) is 3.04. The minimum Gasteiger partial charge on any atom is -0.481 e. The Morgan fingerprint density at radius 1 is 1.22 bits per heavy atom. The zero-order chi connectivity index (χ0) is 19.4. The van der Waals surface area contributed by atoms with Gasteiger partial charge in [0.05, 0.1) is 18.1 Å². The lowest BCUT2D eigenvalue weighted by Gasteiger charge is -2.24. The monoisotopic (exact) mass is 385 g/mol. The average molecular weight is 385 g/mol. The van der Waals surface area contributed by atoms with Crippen LogP contribution in [0.5, 0.6) is 0 Å². The highest BCUT2D eigenvalue weighted by atomic mass is 32.2. The minimum atomic E-state index is -0.905. The zero-order valence-corrected chi connectivity index (χ0v) is 16.2. The van der Waals surface area contributed by atoms with Gasteiger partial charge in [-0.1, -0.05) is 36.0 Å². The molecule has 0 radical (unpaired) electrons. The number of aryl methyl sites for hydroxylation is 1. The lowest BCUT2D eigenvalue weighted by Crippen LogP contribution is -2.37. The molecule has 2 unspecified atom stereocenters. The summed E-state index contributed by atoms with van der Waals surface area (Å²) in [5.74, 6) is -1.04. The molecule has 3 rings (SSSR count). The molecule has 1 fully saturated rings. The van der Waals surface area contributed by atoms with Crippen molar-refractivity contribution in [1.82, 2.24) is 4.90 Å². The summed E-state index contributed by atoms with van der Waals surface area (Å²) in [6.45, 7) is 2.41. The molecule has 6 heteroatoms. The van der Waals surface area contributed by atoms with E-state index in [0.717, 1.165) is 15.4 Å². The van der Waals surface area contributed by atoms with Crippen molar-refractivity contribution < 1.29 is 19.4 Å². The number of hydrogen-bond acceptors (Lipinski definition) is 4. The fraction of sp³-hybridized carbons (Fsp3) is 0.333. The number of carboxylic acids is 1. The van der Waals surface area contributed by atoms with Crippen molar-refractivity contribution >= 4 is 23.6 Å². The molecule has 1 aliphatic heterocycles. The number of carbonyl (C=O) groups is 2. The van der Waals surface area contributed by atoms with Gasteiger partial charge in [-0.25, -0.2) is 0 Å². The molecule has 1 N–H and O–H groups in total. The number of ether oxygens (including phenoxy) is 1. The van der Waals surface area contributed by atoms with Gasteiger partial charge in [0.15, 0.2) is 0 Å². The van der Waals surface area contributed by atoms with Crippen LogP contribution in [0.4, 0.5) is 0 Å². The third-order valence-electron chi connectivity index (χ3n) is 4.72. The fourth-order valence-corrected chi connectivity index (χ4v) is 4.41. The second-order valence-electron chi connectivity index (χ2n) is 6.72. The van der Waals surface area contributed by atoms with Gasteiger partial charge in [-0.05, 0) is 43.2 Å². The van der Waals surface area contributed by atoms with E-state index in [1.54, 1.807) is 23.8 Å².